The molecule has 1 aromatic heterocycles. The highest BCUT2D eigenvalue weighted by Crippen LogP contribution is 2.36. The van der Waals surface area contributed by atoms with Gasteiger partial charge in [0.15, 0.2) is 0 Å². The van der Waals surface area contributed by atoms with Crippen molar-refractivity contribution in [3.05, 3.63) is 74.6 Å². The summed E-state index contributed by atoms with van der Waals surface area (Å²) in [6.07, 6.45) is 1.34. The summed E-state index contributed by atoms with van der Waals surface area (Å²) in [5.41, 5.74) is 9.24. The number of benzene rings is 2. The summed E-state index contributed by atoms with van der Waals surface area (Å²) < 4.78 is 0.738. The van der Waals surface area contributed by atoms with Gasteiger partial charge in [0, 0.05) is 28.6 Å². The Morgan fingerprint density at radius 3 is 2.64 bits per heavy atom. The molecule has 1 aliphatic heterocycles. The number of aryl methyl sites for hydroxylation is 1. The van der Waals surface area contributed by atoms with Crippen LogP contribution in [0.25, 0.3) is 10.4 Å². The van der Waals surface area contributed by atoms with Crippen LogP contribution in [0.2, 0.25) is 9.36 Å². The zero-order valence-electron chi connectivity index (χ0n) is 20.1. The highest BCUT2D eigenvalue weighted by molar-refractivity contribution is 7.19. The first-order valence-corrected chi connectivity index (χ1v) is 13.4. The van der Waals surface area contributed by atoms with Crippen LogP contribution in [0.1, 0.15) is 30.0 Å². The first kappa shape index (κ1) is 26.5. The molecule has 0 saturated carbocycles. The Hall–Kier alpha value is -2.58. The molecule has 9 heteroatoms. The van der Waals surface area contributed by atoms with E-state index in [-0.39, 0.29) is 24.1 Å². The molecule has 0 bridgehead atoms. The van der Waals surface area contributed by atoms with Crippen molar-refractivity contribution in [3.8, 4) is 16.2 Å². The van der Waals surface area contributed by atoms with Crippen LogP contribution in [0.5, 0.6) is 5.75 Å². The molecule has 190 valence electrons. The number of likely N-dealkylation sites (tertiary alicyclic amines) is 1. The number of halogens is 2. The Kier molecular flexibility index (Phi) is 8.25. The second-order valence-electron chi connectivity index (χ2n) is 9.31. The van der Waals surface area contributed by atoms with Crippen LogP contribution in [0.4, 0.5) is 0 Å². The maximum Gasteiger partial charge on any atom is 0.237 e. The lowest BCUT2D eigenvalue weighted by atomic mass is 9.93. The highest BCUT2D eigenvalue weighted by atomic mass is 35.5. The number of carbonyl (C=O) groups excluding carboxylic acids is 2. The zero-order valence-corrected chi connectivity index (χ0v) is 22.5. The molecule has 2 aromatic carbocycles. The van der Waals surface area contributed by atoms with Crippen LogP contribution in [-0.2, 0) is 22.6 Å². The second kappa shape index (κ2) is 11.2. The Morgan fingerprint density at radius 2 is 1.94 bits per heavy atom. The summed E-state index contributed by atoms with van der Waals surface area (Å²) in [7, 11) is 0. The van der Waals surface area contributed by atoms with E-state index in [0.717, 1.165) is 21.2 Å². The first-order valence-electron chi connectivity index (χ1n) is 11.8. The quantitative estimate of drug-likeness (QED) is 0.364. The molecular formula is C27H29Cl2N3O3S. The van der Waals surface area contributed by atoms with Crippen molar-refractivity contribution in [1.82, 2.24) is 10.2 Å². The van der Waals surface area contributed by atoms with Gasteiger partial charge < -0.3 is 16.2 Å². The van der Waals surface area contributed by atoms with Crippen LogP contribution in [0, 0.1) is 12.8 Å². The number of phenols is 1. The molecule has 3 aromatic rings. The number of nitrogens with one attached hydrogen (secondary N) is 1. The number of nitrogens with two attached hydrogens (primary N) is 1. The van der Waals surface area contributed by atoms with E-state index in [1.807, 2.05) is 29.2 Å². The van der Waals surface area contributed by atoms with E-state index in [1.54, 1.807) is 26.0 Å². The minimum atomic E-state index is -0.568. The first-order chi connectivity index (χ1) is 17.1. The van der Waals surface area contributed by atoms with Gasteiger partial charge in [-0.25, -0.2) is 0 Å². The third-order valence-corrected chi connectivity index (χ3v) is 8.28. The van der Waals surface area contributed by atoms with Crippen molar-refractivity contribution in [2.75, 3.05) is 6.54 Å². The fraction of sp³-hybridized carbons (Fsp3) is 0.333. The largest absolute Gasteiger partial charge is 0.507 e. The van der Waals surface area contributed by atoms with E-state index in [0.29, 0.717) is 29.1 Å². The number of primary amides is 1. The lowest BCUT2D eigenvalue weighted by Gasteiger charge is -2.28. The van der Waals surface area contributed by atoms with Gasteiger partial charge in [0.2, 0.25) is 11.8 Å². The predicted octanol–water partition coefficient (Wildman–Crippen LogP) is 5.16. The number of amides is 2. The van der Waals surface area contributed by atoms with E-state index in [2.05, 4.69) is 17.4 Å². The van der Waals surface area contributed by atoms with E-state index >= 15 is 0 Å². The average Bonchev–Trinajstić information content (AvgIpc) is 3.46. The fourth-order valence-corrected chi connectivity index (χ4v) is 6.33. The van der Waals surface area contributed by atoms with Gasteiger partial charge in [-0.3, -0.25) is 14.5 Å². The molecule has 2 heterocycles. The molecule has 1 fully saturated rings. The highest BCUT2D eigenvalue weighted by Gasteiger charge is 2.40. The lowest BCUT2D eigenvalue weighted by molar-refractivity contribution is -0.129. The molecule has 4 rings (SSSR count). The molecule has 1 aliphatic rings. The molecule has 4 N–H and O–H groups in total. The number of aromatic hydroxyl groups is 1. The van der Waals surface area contributed by atoms with Gasteiger partial charge >= 0.3 is 0 Å². The summed E-state index contributed by atoms with van der Waals surface area (Å²) in [6, 6.07) is 14.3. The monoisotopic (exact) mass is 545 g/mol. The van der Waals surface area contributed by atoms with Crippen molar-refractivity contribution in [1.29, 1.82) is 0 Å². The molecule has 3 atom stereocenters. The van der Waals surface area contributed by atoms with Gasteiger partial charge in [-0.15, -0.1) is 11.3 Å². The van der Waals surface area contributed by atoms with Gasteiger partial charge in [-0.1, -0.05) is 47.5 Å². The summed E-state index contributed by atoms with van der Waals surface area (Å²) in [5, 5.41) is 13.6. The van der Waals surface area contributed by atoms with Gasteiger partial charge in [-0.05, 0) is 73.6 Å². The molecule has 0 radical (unpaired) electrons. The maximum atomic E-state index is 13.0. The zero-order chi connectivity index (χ0) is 26.0. The molecule has 36 heavy (non-hydrogen) atoms. The third-order valence-electron chi connectivity index (χ3n) is 6.79. The molecule has 6 nitrogen and oxygen atoms in total. The van der Waals surface area contributed by atoms with Crippen molar-refractivity contribution in [2.45, 2.75) is 45.3 Å². The second-order valence-corrected chi connectivity index (χ2v) is 11.5. The number of phenolic OH excluding ortho intramolecular Hbond substituents is 1. The van der Waals surface area contributed by atoms with Crippen molar-refractivity contribution < 1.29 is 14.7 Å². The number of carbonyl (C=O) groups is 2. The van der Waals surface area contributed by atoms with Gasteiger partial charge in [0.1, 0.15) is 5.75 Å². The summed E-state index contributed by atoms with van der Waals surface area (Å²) in [5.74, 6) is -0.408. The predicted molar refractivity (Wildman–Crippen MR) is 145 cm³/mol. The van der Waals surface area contributed by atoms with Crippen LogP contribution in [0.3, 0.4) is 0 Å². The van der Waals surface area contributed by atoms with Crippen LogP contribution in [-0.4, -0.2) is 40.4 Å². The Bertz CT molecular complexity index is 1280. The Morgan fingerprint density at radius 1 is 1.19 bits per heavy atom. The number of thiophene rings is 1. The van der Waals surface area contributed by atoms with Crippen LogP contribution in [0.15, 0.2) is 48.5 Å². The van der Waals surface area contributed by atoms with E-state index < -0.39 is 18.0 Å². The van der Waals surface area contributed by atoms with Gasteiger partial charge in [-0.2, -0.15) is 0 Å². The number of hydrogen-bond acceptors (Lipinski definition) is 5. The standard InChI is InChI=1S/C27H29Cl2N3O3S/c1-15-9-20(28)12-19(25(15)33)13-31-27(35)16(2)32-14-17(11-22(32)26(30)34)10-18-5-3-4-6-21(18)23-7-8-24(29)36-23/h3-9,12,16-17,22,33H,10-11,13-14H2,1-2H3,(H2,30,34)(H,31,35)/t16-,17?,22?/m0/s1. The molecular weight excluding hydrogens is 517 g/mol. The van der Waals surface area contributed by atoms with Gasteiger partial charge in [0.05, 0.1) is 16.4 Å². The van der Waals surface area contributed by atoms with E-state index in [1.165, 1.54) is 16.9 Å². The normalized spacial score (nSPS) is 18.8. The Balaban J connectivity index is 1.46. The van der Waals surface area contributed by atoms with Crippen LogP contribution >= 0.6 is 34.5 Å². The molecule has 2 amide bonds. The van der Waals surface area contributed by atoms with Crippen molar-refractivity contribution in [3.63, 3.8) is 0 Å². The smallest absolute Gasteiger partial charge is 0.237 e. The van der Waals surface area contributed by atoms with E-state index in [9.17, 15) is 14.7 Å². The average molecular weight is 547 g/mol. The molecule has 0 aliphatic carbocycles. The van der Waals surface area contributed by atoms with E-state index in [4.69, 9.17) is 28.9 Å². The van der Waals surface area contributed by atoms with Crippen LogP contribution < -0.4 is 11.1 Å². The number of rotatable bonds is 8. The fourth-order valence-electron chi connectivity index (χ4n) is 4.94. The SMILES string of the molecule is Cc1cc(Cl)cc(CNC(=O)[C@H](C)N2CC(Cc3ccccc3-c3ccc(Cl)s3)CC2C(N)=O)c1O. The lowest BCUT2D eigenvalue weighted by Crippen LogP contribution is -2.51. The summed E-state index contributed by atoms with van der Waals surface area (Å²) >= 11 is 13.8. The van der Waals surface area contributed by atoms with Gasteiger partial charge in [0.25, 0.3) is 0 Å². The topological polar surface area (TPSA) is 95.7 Å². The van der Waals surface area contributed by atoms with Crippen molar-refractivity contribution >= 4 is 46.4 Å². The molecule has 2 unspecified atom stereocenters. The molecule has 1 saturated heterocycles. The van der Waals surface area contributed by atoms with Crippen molar-refractivity contribution in [2.24, 2.45) is 11.7 Å². The maximum absolute atomic E-state index is 13.0. The third kappa shape index (κ3) is 5.86. The number of nitrogens with zero attached hydrogens (tertiary/aromatic N) is 1. The minimum Gasteiger partial charge on any atom is -0.507 e. The summed E-state index contributed by atoms with van der Waals surface area (Å²) in [4.78, 5) is 28.3. The molecule has 0 spiro atoms. The number of hydrogen-bond donors (Lipinski definition) is 3. The summed E-state index contributed by atoms with van der Waals surface area (Å²) in [6.45, 7) is 4.23. The Labute approximate surface area is 225 Å². The minimum absolute atomic E-state index is 0.106.